The normalized spacial score (nSPS) is 17.1. The topological polar surface area (TPSA) is 66.8 Å². The van der Waals surface area contributed by atoms with Gasteiger partial charge in [-0.05, 0) is 23.8 Å². The highest BCUT2D eigenvalue weighted by atomic mass is 16.5. The van der Waals surface area contributed by atoms with Crippen LogP contribution in [-0.2, 0) is 11.2 Å². The summed E-state index contributed by atoms with van der Waals surface area (Å²) in [7, 11) is 0. The number of carbonyl (C=O) groups is 1. The molecule has 0 radical (unpaired) electrons. The summed E-state index contributed by atoms with van der Waals surface area (Å²) >= 11 is 0. The Labute approximate surface area is 109 Å². The van der Waals surface area contributed by atoms with Crippen LogP contribution in [0.15, 0.2) is 42.5 Å². The molecule has 4 heteroatoms. The van der Waals surface area contributed by atoms with E-state index in [4.69, 9.17) is 4.74 Å². The monoisotopic (exact) mass is 256 g/mol. The van der Waals surface area contributed by atoms with Crippen molar-refractivity contribution in [2.45, 2.75) is 12.5 Å². The van der Waals surface area contributed by atoms with Gasteiger partial charge >= 0.3 is 5.97 Å². The summed E-state index contributed by atoms with van der Waals surface area (Å²) in [4.78, 5) is 11.7. The van der Waals surface area contributed by atoms with Crippen LogP contribution >= 0.6 is 0 Å². The lowest BCUT2D eigenvalue weighted by Gasteiger charge is -2.10. The SMILES string of the molecule is O=C1O[C@@H](Cc2ccc(O)cc2)c2cccc(O)c21. The number of hydrogen-bond acceptors (Lipinski definition) is 4. The van der Waals surface area contributed by atoms with Gasteiger partial charge in [-0.1, -0.05) is 24.3 Å². The van der Waals surface area contributed by atoms with E-state index in [1.165, 1.54) is 6.07 Å². The number of carbonyl (C=O) groups excluding carboxylic acids is 1. The van der Waals surface area contributed by atoms with Crippen LogP contribution in [-0.4, -0.2) is 16.2 Å². The molecule has 0 aliphatic carbocycles. The number of rotatable bonds is 2. The predicted molar refractivity (Wildman–Crippen MR) is 68.1 cm³/mol. The maximum Gasteiger partial charge on any atom is 0.342 e. The summed E-state index contributed by atoms with van der Waals surface area (Å²) in [5.41, 5.74) is 1.91. The molecule has 0 aromatic heterocycles. The number of phenols is 2. The van der Waals surface area contributed by atoms with Crippen molar-refractivity contribution in [1.82, 2.24) is 0 Å². The number of cyclic esters (lactones) is 1. The molecule has 0 amide bonds. The first-order valence-corrected chi connectivity index (χ1v) is 5.96. The molecule has 0 spiro atoms. The van der Waals surface area contributed by atoms with E-state index in [9.17, 15) is 15.0 Å². The molecule has 4 nitrogen and oxygen atoms in total. The Hall–Kier alpha value is -2.49. The lowest BCUT2D eigenvalue weighted by Crippen LogP contribution is -2.02. The van der Waals surface area contributed by atoms with Crippen LogP contribution in [0.1, 0.15) is 27.6 Å². The molecular weight excluding hydrogens is 244 g/mol. The molecule has 96 valence electrons. The summed E-state index contributed by atoms with van der Waals surface area (Å²) in [6.07, 6.45) is 0.127. The minimum atomic E-state index is -0.489. The van der Waals surface area contributed by atoms with E-state index in [1.807, 2.05) is 0 Å². The zero-order valence-corrected chi connectivity index (χ0v) is 10.0. The molecule has 1 atom stereocenters. The van der Waals surface area contributed by atoms with Crippen molar-refractivity contribution in [3.63, 3.8) is 0 Å². The maximum absolute atomic E-state index is 11.7. The molecule has 2 aromatic carbocycles. The number of fused-ring (bicyclic) bond motifs is 1. The summed E-state index contributed by atoms with van der Waals surface area (Å²) in [6.45, 7) is 0. The third-order valence-corrected chi connectivity index (χ3v) is 3.23. The number of hydrogen-bond donors (Lipinski definition) is 2. The van der Waals surface area contributed by atoms with Gasteiger partial charge in [0, 0.05) is 12.0 Å². The fourth-order valence-electron chi connectivity index (χ4n) is 2.30. The van der Waals surface area contributed by atoms with Crippen molar-refractivity contribution < 1.29 is 19.7 Å². The number of esters is 1. The molecule has 1 aliphatic heterocycles. The van der Waals surface area contributed by atoms with Crippen molar-refractivity contribution in [2.24, 2.45) is 0 Å². The van der Waals surface area contributed by atoms with Crippen LogP contribution in [0.25, 0.3) is 0 Å². The van der Waals surface area contributed by atoms with Crippen LogP contribution in [0.4, 0.5) is 0 Å². The third-order valence-electron chi connectivity index (χ3n) is 3.23. The molecule has 2 N–H and O–H groups in total. The first-order chi connectivity index (χ1) is 9.15. The highest BCUT2D eigenvalue weighted by Crippen LogP contribution is 2.37. The van der Waals surface area contributed by atoms with Crippen molar-refractivity contribution in [1.29, 1.82) is 0 Å². The van der Waals surface area contributed by atoms with Gasteiger partial charge < -0.3 is 14.9 Å². The Balaban J connectivity index is 1.91. The molecule has 0 fully saturated rings. The Kier molecular flexibility index (Phi) is 2.63. The van der Waals surface area contributed by atoms with E-state index in [-0.39, 0.29) is 23.2 Å². The van der Waals surface area contributed by atoms with E-state index in [0.717, 1.165) is 5.56 Å². The van der Waals surface area contributed by atoms with Gasteiger partial charge in [0.1, 0.15) is 23.2 Å². The number of ether oxygens (including phenoxy) is 1. The molecule has 0 bridgehead atoms. The second-order valence-electron chi connectivity index (χ2n) is 4.51. The van der Waals surface area contributed by atoms with Gasteiger partial charge in [0.15, 0.2) is 0 Å². The fraction of sp³-hybridized carbons (Fsp3) is 0.133. The van der Waals surface area contributed by atoms with Gasteiger partial charge in [-0.25, -0.2) is 4.79 Å². The first-order valence-electron chi connectivity index (χ1n) is 5.96. The molecule has 1 aliphatic rings. The lowest BCUT2D eigenvalue weighted by atomic mass is 9.99. The fourth-order valence-corrected chi connectivity index (χ4v) is 2.30. The van der Waals surface area contributed by atoms with Crippen molar-refractivity contribution in [2.75, 3.05) is 0 Å². The third kappa shape index (κ3) is 2.01. The van der Waals surface area contributed by atoms with E-state index in [1.54, 1.807) is 36.4 Å². The second-order valence-corrected chi connectivity index (χ2v) is 4.51. The van der Waals surface area contributed by atoms with E-state index < -0.39 is 5.97 Å². The minimum absolute atomic E-state index is 0.0456. The summed E-state index contributed by atoms with van der Waals surface area (Å²) in [6, 6.07) is 11.7. The molecule has 19 heavy (non-hydrogen) atoms. The van der Waals surface area contributed by atoms with Crippen LogP contribution in [0.3, 0.4) is 0 Å². The summed E-state index contributed by atoms with van der Waals surface area (Å²) < 4.78 is 5.29. The van der Waals surface area contributed by atoms with Gasteiger partial charge in [-0.15, -0.1) is 0 Å². The zero-order valence-electron chi connectivity index (χ0n) is 10.0. The Morgan fingerprint density at radius 1 is 1.05 bits per heavy atom. The molecule has 1 heterocycles. The predicted octanol–water partition coefficient (Wildman–Crippen LogP) is 2.55. The van der Waals surface area contributed by atoms with Crippen molar-refractivity contribution in [3.05, 3.63) is 59.2 Å². The number of aromatic hydroxyl groups is 2. The molecular formula is C15H12O4. The van der Waals surface area contributed by atoms with Gasteiger partial charge in [0.25, 0.3) is 0 Å². The first kappa shape index (κ1) is 11.6. The molecule has 3 rings (SSSR count). The van der Waals surface area contributed by atoms with Gasteiger partial charge in [0.2, 0.25) is 0 Å². The zero-order chi connectivity index (χ0) is 13.4. The van der Waals surface area contributed by atoms with Gasteiger partial charge in [-0.3, -0.25) is 0 Å². The standard InChI is InChI=1S/C15H12O4/c16-10-6-4-9(5-7-10)8-13-11-2-1-3-12(17)14(11)15(18)19-13/h1-7,13,16-17H,8H2/t13-/m0/s1. The van der Waals surface area contributed by atoms with Crippen LogP contribution in [0, 0.1) is 0 Å². The second kappa shape index (κ2) is 4.31. The van der Waals surface area contributed by atoms with E-state index in [0.29, 0.717) is 12.0 Å². The average molecular weight is 256 g/mol. The number of phenolic OH excluding ortho intramolecular Hbond substituents is 2. The molecule has 0 saturated carbocycles. The Morgan fingerprint density at radius 3 is 2.53 bits per heavy atom. The Bertz CT molecular complexity index is 631. The highest BCUT2D eigenvalue weighted by molar-refractivity contribution is 5.96. The van der Waals surface area contributed by atoms with Crippen molar-refractivity contribution in [3.8, 4) is 11.5 Å². The van der Waals surface area contributed by atoms with E-state index in [2.05, 4.69) is 0 Å². The lowest BCUT2D eigenvalue weighted by molar-refractivity contribution is 0.0385. The highest BCUT2D eigenvalue weighted by Gasteiger charge is 2.33. The largest absolute Gasteiger partial charge is 0.508 e. The maximum atomic E-state index is 11.7. The molecule has 0 saturated heterocycles. The summed E-state index contributed by atoms with van der Waals surface area (Å²) in [5.74, 6) is -0.335. The average Bonchev–Trinajstić information content (AvgIpc) is 2.70. The van der Waals surface area contributed by atoms with Crippen LogP contribution in [0.5, 0.6) is 11.5 Å². The van der Waals surface area contributed by atoms with Crippen LogP contribution in [0.2, 0.25) is 0 Å². The van der Waals surface area contributed by atoms with E-state index >= 15 is 0 Å². The smallest absolute Gasteiger partial charge is 0.342 e. The number of benzene rings is 2. The van der Waals surface area contributed by atoms with Crippen LogP contribution < -0.4 is 0 Å². The summed E-state index contributed by atoms with van der Waals surface area (Å²) in [5, 5.41) is 18.9. The minimum Gasteiger partial charge on any atom is -0.508 e. The van der Waals surface area contributed by atoms with Gasteiger partial charge in [0.05, 0.1) is 0 Å². The van der Waals surface area contributed by atoms with Crippen molar-refractivity contribution >= 4 is 5.97 Å². The molecule has 2 aromatic rings. The Morgan fingerprint density at radius 2 is 1.79 bits per heavy atom. The van der Waals surface area contributed by atoms with Gasteiger partial charge in [-0.2, -0.15) is 0 Å². The molecule has 0 unspecified atom stereocenters. The quantitative estimate of drug-likeness (QED) is 0.810.